The van der Waals surface area contributed by atoms with Crippen molar-refractivity contribution in [1.29, 1.82) is 0 Å². The van der Waals surface area contributed by atoms with Gasteiger partial charge in [-0.3, -0.25) is 13.9 Å². The monoisotopic (exact) mass is 387 g/mol. The predicted molar refractivity (Wildman–Crippen MR) is 106 cm³/mol. The maximum absolute atomic E-state index is 12.6. The van der Waals surface area contributed by atoms with E-state index < -0.39 is 10.0 Å². The molecule has 2 aromatic carbocycles. The van der Waals surface area contributed by atoms with Crippen LogP contribution in [0.4, 0.5) is 17.1 Å². The average molecular weight is 387 g/mol. The molecule has 1 heterocycles. The van der Waals surface area contributed by atoms with E-state index in [1.807, 2.05) is 6.92 Å². The highest BCUT2D eigenvalue weighted by Crippen LogP contribution is 2.34. The number of nitrogens with one attached hydrogen (secondary N) is 2. The van der Waals surface area contributed by atoms with Crippen molar-refractivity contribution in [2.75, 3.05) is 21.2 Å². The predicted octanol–water partition coefficient (Wildman–Crippen LogP) is 2.61. The lowest BCUT2D eigenvalue weighted by Crippen LogP contribution is -2.34. The topological polar surface area (TPSA) is 95.6 Å². The van der Waals surface area contributed by atoms with E-state index >= 15 is 0 Å². The fourth-order valence-corrected chi connectivity index (χ4v) is 4.59. The quantitative estimate of drug-likeness (QED) is 0.843. The minimum absolute atomic E-state index is 0.178. The van der Waals surface area contributed by atoms with Crippen LogP contribution in [-0.4, -0.2) is 32.5 Å². The SMILES string of the molecule is CC(=O)Nc1cccc(NC(=O)c2ccc3c(c2)C[C@H](C)N3S(C)(=O)=O)c1. The Balaban J connectivity index is 1.82. The average Bonchev–Trinajstić information content (AvgIpc) is 2.89. The molecule has 2 amide bonds. The van der Waals surface area contributed by atoms with E-state index in [4.69, 9.17) is 0 Å². The van der Waals surface area contributed by atoms with E-state index in [1.165, 1.54) is 17.5 Å². The third-order valence-electron chi connectivity index (χ3n) is 4.29. The number of rotatable bonds is 4. The Morgan fingerprint density at radius 1 is 1.07 bits per heavy atom. The fraction of sp³-hybridized carbons (Fsp3) is 0.263. The minimum atomic E-state index is -3.36. The smallest absolute Gasteiger partial charge is 0.255 e. The summed E-state index contributed by atoms with van der Waals surface area (Å²) < 4.78 is 25.4. The molecule has 0 unspecified atom stereocenters. The van der Waals surface area contributed by atoms with Crippen LogP contribution >= 0.6 is 0 Å². The van der Waals surface area contributed by atoms with Crippen molar-refractivity contribution in [3.8, 4) is 0 Å². The van der Waals surface area contributed by atoms with Gasteiger partial charge in [-0.05, 0) is 55.3 Å². The Hall–Kier alpha value is -2.87. The van der Waals surface area contributed by atoms with Crippen molar-refractivity contribution in [2.24, 2.45) is 0 Å². The summed E-state index contributed by atoms with van der Waals surface area (Å²) in [6.45, 7) is 3.25. The molecule has 3 rings (SSSR count). The maximum Gasteiger partial charge on any atom is 0.255 e. The third kappa shape index (κ3) is 4.11. The molecule has 0 spiro atoms. The molecule has 27 heavy (non-hydrogen) atoms. The first-order valence-corrected chi connectivity index (χ1v) is 10.3. The van der Waals surface area contributed by atoms with Crippen molar-refractivity contribution in [3.63, 3.8) is 0 Å². The van der Waals surface area contributed by atoms with Crippen molar-refractivity contribution < 1.29 is 18.0 Å². The molecule has 0 aromatic heterocycles. The summed E-state index contributed by atoms with van der Waals surface area (Å²) in [4.78, 5) is 23.7. The number of nitrogens with zero attached hydrogens (tertiary/aromatic N) is 1. The number of sulfonamides is 1. The number of amides is 2. The Labute approximate surface area is 158 Å². The van der Waals surface area contributed by atoms with Crippen LogP contribution in [0.15, 0.2) is 42.5 Å². The summed E-state index contributed by atoms with van der Waals surface area (Å²) in [5, 5.41) is 5.46. The standard InChI is InChI=1S/C19H21N3O4S/c1-12-9-15-10-14(7-8-18(15)22(12)27(3,25)26)19(24)21-17-6-4-5-16(11-17)20-13(2)23/h4-8,10-12H,9H2,1-3H3,(H,20,23)(H,21,24)/t12-/m0/s1. The zero-order chi connectivity index (χ0) is 19.8. The van der Waals surface area contributed by atoms with Gasteiger partial charge in [-0.2, -0.15) is 0 Å². The molecule has 2 N–H and O–H groups in total. The van der Waals surface area contributed by atoms with Crippen LogP contribution in [0.3, 0.4) is 0 Å². The van der Waals surface area contributed by atoms with Crippen LogP contribution in [-0.2, 0) is 21.2 Å². The Morgan fingerprint density at radius 3 is 2.37 bits per heavy atom. The number of fused-ring (bicyclic) bond motifs is 1. The summed E-state index contributed by atoms with van der Waals surface area (Å²) >= 11 is 0. The van der Waals surface area contributed by atoms with Gasteiger partial charge in [0.05, 0.1) is 11.9 Å². The zero-order valence-electron chi connectivity index (χ0n) is 15.3. The first-order valence-electron chi connectivity index (χ1n) is 8.46. The molecule has 8 heteroatoms. The molecule has 1 atom stereocenters. The Bertz CT molecular complexity index is 1020. The van der Waals surface area contributed by atoms with Gasteiger partial charge in [0, 0.05) is 29.9 Å². The lowest BCUT2D eigenvalue weighted by atomic mass is 10.1. The van der Waals surface area contributed by atoms with Crippen molar-refractivity contribution in [1.82, 2.24) is 0 Å². The molecular formula is C19H21N3O4S. The minimum Gasteiger partial charge on any atom is -0.326 e. The number of anilines is 3. The highest BCUT2D eigenvalue weighted by molar-refractivity contribution is 7.92. The zero-order valence-corrected chi connectivity index (χ0v) is 16.1. The summed E-state index contributed by atoms with van der Waals surface area (Å²) in [5.74, 6) is -0.495. The van der Waals surface area contributed by atoms with Crippen LogP contribution in [0.25, 0.3) is 0 Å². The van der Waals surface area contributed by atoms with Gasteiger partial charge in [0.15, 0.2) is 0 Å². The van der Waals surface area contributed by atoms with Crippen molar-refractivity contribution in [2.45, 2.75) is 26.3 Å². The van der Waals surface area contributed by atoms with Crippen LogP contribution in [0.1, 0.15) is 29.8 Å². The lowest BCUT2D eigenvalue weighted by molar-refractivity contribution is -0.114. The summed E-state index contributed by atoms with van der Waals surface area (Å²) in [5.41, 5.74) is 3.03. The van der Waals surface area contributed by atoms with Gasteiger partial charge < -0.3 is 10.6 Å². The Kier molecular flexibility index (Phi) is 4.93. The molecule has 0 bridgehead atoms. The lowest BCUT2D eigenvalue weighted by Gasteiger charge is -2.21. The van der Waals surface area contributed by atoms with Crippen LogP contribution in [0.2, 0.25) is 0 Å². The molecule has 0 saturated carbocycles. The van der Waals surface area contributed by atoms with Crippen LogP contribution in [0.5, 0.6) is 0 Å². The molecular weight excluding hydrogens is 366 g/mol. The molecule has 0 saturated heterocycles. The van der Waals surface area contributed by atoms with Crippen LogP contribution < -0.4 is 14.9 Å². The third-order valence-corrected chi connectivity index (χ3v) is 5.56. The molecule has 7 nitrogen and oxygen atoms in total. The highest BCUT2D eigenvalue weighted by Gasteiger charge is 2.32. The number of hydrogen-bond acceptors (Lipinski definition) is 4. The maximum atomic E-state index is 12.6. The largest absolute Gasteiger partial charge is 0.326 e. The second kappa shape index (κ2) is 7.03. The van der Waals surface area contributed by atoms with Gasteiger partial charge >= 0.3 is 0 Å². The first kappa shape index (κ1) is 18.9. The molecule has 0 radical (unpaired) electrons. The van der Waals surface area contributed by atoms with E-state index in [2.05, 4.69) is 10.6 Å². The Morgan fingerprint density at radius 2 is 1.74 bits per heavy atom. The summed E-state index contributed by atoms with van der Waals surface area (Å²) in [7, 11) is -3.36. The number of hydrogen-bond donors (Lipinski definition) is 2. The second-order valence-electron chi connectivity index (χ2n) is 6.67. The van der Waals surface area contributed by atoms with E-state index in [-0.39, 0.29) is 17.9 Å². The molecule has 0 fully saturated rings. The van der Waals surface area contributed by atoms with Gasteiger partial charge in [-0.15, -0.1) is 0 Å². The summed E-state index contributed by atoms with van der Waals surface area (Å²) in [6, 6.07) is 11.7. The van der Waals surface area contributed by atoms with E-state index in [0.717, 1.165) is 5.56 Å². The highest BCUT2D eigenvalue weighted by atomic mass is 32.2. The molecule has 1 aliphatic heterocycles. The van der Waals surface area contributed by atoms with Gasteiger partial charge in [0.1, 0.15) is 0 Å². The molecule has 0 aliphatic carbocycles. The number of benzene rings is 2. The number of carbonyl (C=O) groups is 2. The second-order valence-corrected chi connectivity index (χ2v) is 8.53. The number of carbonyl (C=O) groups excluding carboxylic acids is 2. The van der Waals surface area contributed by atoms with Gasteiger partial charge in [0.25, 0.3) is 5.91 Å². The molecule has 2 aromatic rings. The van der Waals surface area contributed by atoms with E-state index in [0.29, 0.717) is 29.0 Å². The fourth-order valence-electron chi connectivity index (χ4n) is 3.33. The summed E-state index contributed by atoms with van der Waals surface area (Å²) in [6.07, 6.45) is 1.74. The van der Waals surface area contributed by atoms with Gasteiger partial charge in [0.2, 0.25) is 15.9 Å². The van der Waals surface area contributed by atoms with Gasteiger partial charge in [-0.1, -0.05) is 6.07 Å². The van der Waals surface area contributed by atoms with Crippen LogP contribution in [0, 0.1) is 0 Å². The van der Waals surface area contributed by atoms with E-state index in [1.54, 1.807) is 42.5 Å². The van der Waals surface area contributed by atoms with E-state index in [9.17, 15) is 18.0 Å². The normalized spacial score (nSPS) is 16.0. The van der Waals surface area contributed by atoms with Gasteiger partial charge in [-0.25, -0.2) is 8.42 Å². The first-order chi connectivity index (χ1) is 12.6. The van der Waals surface area contributed by atoms with Crippen molar-refractivity contribution >= 4 is 38.9 Å². The molecule has 1 aliphatic rings. The van der Waals surface area contributed by atoms with Crippen molar-refractivity contribution in [3.05, 3.63) is 53.6 Å². The molecule has 142 valence electrons.